The lowest BCUT2D eigenvalue weighted by Gasteiger charge is -2.62. The summed E-state index contributed by atoms with van der Waals surface area (Å²) < 4.78 is 2.13. The fourth-order valence-electron chi connectivity index (χ4n) is 8.25. The van der Waals surface area contributed by atoms with E-state index in [1.54, 1.807) is 6.33 Å². The lowest BCUT2D eigenvalue weighted by molar-refractivity contribution is -0.141. The Bertz CT molecular complexity index is 753. The van der Waals surface area contributed by atoms with Crippen molar-refractivity contribution < 1.29 is 4.79 Å². The minimum Gasteiger partial charge on any atom is -0.350 e. The molecule has 5 atom stereocenters. The molecule has 1 amide bonds. The second-order valence-electron chi connectivity index (χ2n) is 10.5. The summed E-state index contributed by atoms with van der Waals surface area (Å²) in [6.07, 6.45) is 15.0. The average molecular weight is 406 g/mol. The Kier molecular flexibility index (Phi) is 4.16. The second kappa shape index (κ2) is 6.18. The Hall–Kier alpha value is -1.14. The summed E-state index contributed by atoms with van der Waals surface area (Å²) in [4.78, 5) is 17.9. The van der Waals surface area contributed by atoms with E-state index in [4.69, 9.17) is 0 Å². The molecule has 7 rings (SSSR count). The maximum Gasteiger partial charge on any atom is 0.228 e. The first-order valence-electron chi connectivity index (χ1n) is 11.0. The number of carbonyl (C=O) groups excluding carboxylic acids is 1. The molecule has 2 aliphatic heterocycles. The molecule has 1 aromatic rings. The number of rotatable bonds is 4. The van der Waals surface area contributed by atoms with Gasteiger partial charge in [-0.15, -0.1) is 12.4 Å². The SMILES string of the molecule is CC[C@@]1(C(=O)NC23CC4CC(C2)CC(n2cncn2)(C4)C3)C[C@@H]2CC[C@H]1N2.Cl. The van der Waals surface area contributed by atoms with Crippen LogP contribution in [-0.4, -0.2) is 38.3 Å². The van der Waals surface area contributed by atoms with Crippen molar-refractivity contribution >= 4 is 18.3 Å². The van der Waals surface area contributed by atoms with Crippen LogP contribution in [0.3, 0.4) is 0 Å². The number of nitrogens with zero attached hydrogens (tertiary/aromatic N) is 3. The lowest BCUT2D eigenvalue weighted by atomic mass is 9.49. The third-order valence-electron chi connectivity index (χ3n) is 8.92. The van der Waals surface area contributed by atoms with Gasteiger partial charge in [-0.1, -0.05) is 6.92 Å². The molecule has 6 bridgehead atoms. The molecule has 28 heavy (non-hydrogen) atoms. The van der Waals surface area contributed by atoms with Crippen LogP contribution < -0.4 is 10.6 Å². The molecule has 2 unspecified atom stereocenters. The molecule has 0 radical (unpaired) electrons. The highest BCUT2D eigenvalue weighted by atomic mass is 35.5. The summed E-state index contributed by atoms with van der Waals surface area (Å²) in [5.41, 5.74) is -0.149. The van der Waals surface area contributed by atoms with Crippen LogP contribution in [0.15, 0.2) is 12.7 Å². The summed E-state index contributed by atoms with van der Waals surface area (Å²) in [6.45, 7) is 2.21. The number of carbonyl (C=O) groups is 1. The van der Waals surface area contributed by atoms with Gasteiger partial charge in [-0.3, -0.25) is 4.79 Å². The largest absolute Gasteiger partial charge is 0.350 e. The van der Waals surface area contributed by atoms with Crippen LogP contribution in [0.2, 0.25) is 0 Å². The maximum atomic E-state index is 13.7. The molecule has 154 valence electrons. The number of amides is 1. The Labute approximate surface area is 173 Å². The predicted octanol–water partition coefficient (Wildman–Crippen LogP) is 2.78. The molecule has 0 spiro atoms. The Morgan fingerprint density at radius 3 is 2.57 bits per heavy atom. The second-order valence-corrected chi connectivity index (χ2v) is 10.5. The molecular formula is C21H32ClN5O. The van der Waals surface area contributed by atoms with Crippen LogP contribution >= 0.6 is 12.4 Å². The number of hydrogen-bond acceptors (Lipinski definition) is 4. The smallest absolute Gasteiger partial charge is 0.228 e. The van der Waals surface area contributed by atoms with Gasteiger partial charge < -0.3 is 10.6 Å². The molecule has 7 heteroatoms. The van der Waals surface area contributed by atoms with Crippen LogP contribution in [0.25, 0.3) is 0 Å². The molecular weight excluding hydrogens is 374 g/mol. The first-order chi connectivity index (χ1) is 13.0. The van der Waals surface area contributed by atoms with E-state index in [1.165, 1.54) is 25.7 Å². The first-order valence-corrected chi connectivity index (χ1v) is 11.0. The third kappa shape index (κ3) is 2.46. The van der Waals surface area contributed by atoms with Crippen molar-refractivity contribution in [3.8, 4) is 0 Å². The summed E-state index contributed by atoms with van der Waals surface area (Å²) in [5.74, 6) is 1.76. The zero-order chi connectivity index (χ0) is 18.3. The zero-order valence-electron chi connectivity index (χ0n) is 16.7. The van der Waals surface area contributed by atoms with Gasteiger partial charge in [0.15, 0.2) is 0 Å². The van der Waals surface area contributed by atoms with Gasteiger partial charge in [-0.05, 0) is 76.0 Å². The lowest BCUT2D eigenvalue weighted by Crippen LogP contribution is -2.67. The molecule has 3 heterocycles. The zero-order valence-corrected chi connectivity index (χ0v) is 17.5. The summed E-state index contributed by atoms with van der Waals surface area (Å²) >= 11 is 0. The first kappa shape index (κ1) is 18.9. The quantitative estimate of drug-likeness (QED) is 0.807. The number of fused-ring (bicyclic) bond motifs is 2. The van der Waals surface area contributed by atoms with Gasteiger partial charge in [0.05, 0.1) is 11.0 Å². The van der Waals surface area contributed by atoms with Crippen molar-refractivity contribution in [3.05, 3.63) is 12.7 Å². The van der Waals surface area contributed by atoms with E-state index in [0.29, 0.717) is 29.8 Å². The van der Waals surface area contributed by atoms with E-state index < -0.39 is 0 Å². The van der Waals surface area contributed by atoms with Crippen molar-refractivity contribution in [2.24, 2.45) is 17.3 Å². The van der Waals surface area contributed by atoms with Gasteiger partial charge in [-0.2, -0.15) is 5.10 Å². The maximum absolute atomic E-state index is 13.7. The standard InChI is InChI=1S/C21H31N5O.ClH/c1-2-21(10-16-3-4-17(21)24-16)18(27)25-19-6-14-5-15(7-19)9-20(8-14,11-19)26-13-22-12-23-26;/h12-17,24H,2-11H2,1H3,(H,25,27);1H/t14?,15?,16-,17+,19?,20?,21+;/m0./s1. The van der Waals surface area contributed by atoms with Gasteiger partial charge in [0.1, 0.15) is 12.7 Å². The normalized spacial score (nSPS) is 47.9. The molecule has 6 nitrogen and oxygen atoms in total. The van der Waals surface area contributed by atoms with Crippen molar-refractivity contribution in [1.82, 2.24) is 25.4 Å². The van der Waals surface area contributed by atoms with E-state index in [2.05, 4.69) is 32.3 Å². The number of aromatic nitrogens is 3. The molecule has 6 fully saturated rings. The Morgan fingerprint density at radius 2 is 2.00 bits per heavy atom. The van der Waals surface area contributed by atoms with E-state index in [9.17, 15) is 4.79 Å². The number of hydrogen-bond donors (Lipinski definition) is 2. The van der Waals surface area contributed by atoms with E-state index >= 15 is 0 Å². The highest BCUT2D eigenvalue weighted by Crippen LogP contribution is 2.60. The molecule has 1 aromatic heterocycles. The van der Waals surface area contributed by atoms with E-state index in [-0.39, 0.29) is 28.9 Å². The molecule has 2 N–H and O–H groups in total. The Balaban J connectivity index is 0.00000171. The topological polar surface area (TPSA) is 71.8 Å². The Morgan fingerprint density at radius 1 is 1.21 bits per heavy atom. The molecule has 4 aliphatic carbocycles. The van der Waals surface area contributed by atoms with Gasteiger partial charge in [-0.25, -0.2) is 9.67 Å². The monoisotopic (exact) mass is 405 g/mol. The van der Waals surface area contributed by atoms with Gasteiger partial charge in [0.2, 0.25) is 5.91 Å². The fourth-order valence-corrected chi connectivity index (χ4v) is 8.25. The molecule has 0 aromatic carbocycles. The number of nitrogens with one attached hydrogen (secondary N) is 2. The van der Waals surface area contributed by atoms with Crippen molar-refractivity contribution in [3.63, 3.8) is 0 Å². The van der Waals surface area contributed by atoms with Crippen molar-refractivity contribution in [1.29, 1.82) is 0 Å². The van der Waals surface area contributed by atoms with Crippen LogP contribution in [-0.2, 0) is 10.3 Å². The average Bonchev–Trinajstić information content (AvgIpc) is 3.37. The summed E-state index contributed by atoms with van der Waals surface area (Å²) in [6, 6.07) is 0.934. The molecule has 4 saturated carbocycles. The predicted molar refractivity (Wildman–Crippen MR) is 108 cm³/mol. The van der Waals surface area contributed by atoms with Crippen molar-refractivity contribution in [2.75, 3.05) is 0 Å². The molecule has 2 saturated heterocycles. The van der Waals surface area contributed by atoms with Crippen LogP contribution in [0.5, 0.6) is 0 Å². The van der Waals surface area contributed by atoms with Crippen molar-refractivity contribution in [2.45, 2.75) is 94.3 Å². The van der Waals surface area contributed by atoms with E-state index in [0.717, 1.165) is 38.5 Å². The summed E-state index contributed by atoms with van der Waals surface area (Å²) in [7, 11) is 0. The van der Waals surface area contributed by atoms with Crippen LogP contribution in [0.1, 0.15) is 71.1 Å². The van der Waals surface area contributed by atoms with Gasteiger partial charge in [0.25, 0.3) is 0 Å². The van der Waals surface area contributed by atoms with Gasteiger partial charge >= 0.3 is 0 Å². The van der Waals surface area contributed by atoms with Crippen LogP contribution in [0.4, 0.5) is 0 Å². The highest BCUT2D eigenvalue weighted by Gasteiger charge is 2.61. The minimum atomic E-state index is -0.188. The highest BCUT2D eigenvalue weighted by molar-refractivity contribution is 5.85. The number of halogens is 1. The summed E-state index contributed by atoms with van der Waals surface area (Å²) in [5, 5.41) is 11.9. The van der Waals surface area contributed by atoms with Crippen LogP contribution in [0, 0.1) is 17.3 Å². The van der Waals surface area contributed by atoms with Gasteiger partial charge in [0, 0.05) is 17.6 Å². The van der Waals surface area contributed by atoms with E-state index in [1.807, 2.05) is 6.33 Å². The molecule has 6 aliphatic rings. The minimum absolute atomic E-state index is 0. The third-order valence-corrected chi connectivity index (χ3v) is 8.92. The fraction of sp³-hybridized carbons (Fsp3) is 0.857.